The summed E-state index contributed by atoms with van der Waals surface area (Å²) in [4.78, 5) is 12.3. The molecule has 7 heteroatoms. The summed E-state index contributed by atoms with van der Waals surface area (Å²) in [6.45, 7) is 4.03. The SMILES string of the molecule is Cc1cc(C)cc(-c2ccc3c(NC(=O)c4c(F)ccc(F)c4F)n[nH]c3c2)c1. The lowest BCUT2D eigenvalue weighted by Gasteiger charge is -2.07. The van der Waals surface area contributed by atoms with Gasteiger partial charge in [-0.25, -0.2) is 13.2 Å². The zero-order valence-electron chi connectivity index (χ0n) is 15.6. The van der Waals surface area contributed by atoms with Crippen LogP contribution in [0.3, 0.4) is 0 Å². The van der Waals surface area contributed by atoms with E-state index in [0.29, 0.717) is 23.0 Å². The van der Waals surface area contributed by atoms with Gasteiger partial charge in [-0.2, -0.15) is 5.10 Å². The molecule has 0 aliphatic heterocycles. The Morgan fingerprint density at radius 3 is 2.31 bits per heavy atom. The lowest BCUT2D eigenvalue weighted by atomic mass is 10.00. The molecule has 0 atom stereocenters. The van der Waals surface area contributed by atoms with Gasteiger partial charge in [-0.1, -0.05) is 35.4 Å². The predicted molar refractivity (Wildman–Crippen MR) is 105 cm³/mol. The molecule has 0 bridgehead atoms. The Balaban J connectivity index is 1.68. The maximum atomic E-state index is 13.9. The number of carbonyl (C=O) groups is 1. The van der Waals surface area contributed by atoms with E-state index < -0.39 is 28.9 Å². The van der Waals surface area contributed by atoms with Crippen LogP contribution in [0.25, 0.3) is 22.0 Å². The van der Waals surface area contributed by atoms with E-state index in [1.165, 1.54) is 0 Å². The van der Waals surface area contributed by atoms with Gasteiger partial charge in [0, 0.05) is 5.39 Å². The van der Waals surface area contributed by atoms with E-state index in [0.717, 1.165) is 22.3 Å². The molecule has 4 nitrogen and oxygen atoms in total. The summed E-state index contributed by atoms with van der Waals surface area (Å²) in [5.41, 5.74) is 3.90. The quantitative estimate of drug-likeness (QED) is 0.449. The number of nitrogens with zero attached hydrogens (tertiary/aromatic N) is 1. The van der Waals surface area contributed by atoms with Gasteiger partial charge < -0.3 is 5.32 Å². The summed E-state index contributed by atoms with van der Waals surface area (Å²) < 4.78 is 41.1. The number of amides is 1. The smallest absolute Gasteiger partial charge is 0.262 e. The standard InChI is InChI=1S/C22H16F3N3O/c1-11-7-12(2)9-14(8-11)13-3-4-15-18(10-13)27-28-21(15)26-22(29)19-16(23)5-6-17(24)20(19)25/h3-10H,1-2H3,(H2,26,27,28,29). The van der Waals surface area contributed by atoms with E-state index in [-0.39, 0.29) is 5.82 Å². The molecule has 0 radical (unpaired) electrons. The lowest BCUT2D eigenvalue weighted by molar-refractivity contribution is 0.101. The number of aryl methyl sites for hydroxylation is 2. The number of fused-ring (bicyclic) bond motifs is 1. The highest BCUT2D eigenvalue weighted by Gasteiger charge is 2.22. The third-order valence-electron chi connectivity index (χ3n) is 4.62. The van der Waals surface area contributed by atoms with Crippen molar-refractivity contribution in [1.82, 2.24) is 10.2 Å². The number of hydrogen-bond acceptors (Lipinski definition) is 2. The Hall–Kier alpha value is -3.61. The fourth-order valence-corrected chi connectivity index (χ4v) is 3.34. The number of nitrogens with one attached hydrogen (secondary N) is 2. The van der Waals surface area contributed by atoms with Gasteiger partial charge in [-0.05, 0) is 49.2 Å². The Kier molecular flexibility index (Phi) is 4.58. The van der Waals surface area contributed by atoms with Gasteiger partial charge >= 0.3 is 0 Å². The van der Waals surface area contributed by atoms with Crippen molar-refractivity contribution in [3.05, 3.63) is 82.7 Å². The van der Waals surface area contributed by atoms with Crippen LogP contribution in [0.15, 0.2) is 48.5 Å². The summed E-state index contributed by atoms with van der Waals surface area (Å²) in [6, 6.07) is 13.0. The molecule has 1 amide bonds. The molecular weight excluding hydrogens is 379 g/mol. The highest BCUT2D eigenvalue weighted by molar-refractivity contribution is 6.08. The minimum atomic E-state index is -1.54. The molecule has 29 heavy (non-hydrogen) atoms. The zero-order valence-corrected chi connectivity index (χ0v) is 15.6. The van der Waals surface area contributed by atoms with Crippen LogP contribution in [-0.2, 0) is 0 Å². The molecule has 146 valence electrons. The number of carbonyl (C=O) groups excluding carboxylic acids is 1. The number of aromatic nitrogens is 2. The monoisotopic (exact) mass is 395 g/mol. The molecule has 0 saturated heterocycles. The number of hydrogen-bond donors (Lipinski definition) is 2. The van der Waals surface area contributed by atoms with Gasteiger partial charge in [-0.15, -0.1) is 0 Å². The van der Waals surface area contributed by atoms with E-state index in [2.05, 4.69) is 33.7 Å². The van der Waals surface area contributed by atoms with Crippen molar-refractivity contribution in [3.63, 3.8) is 0 Å². The number of benzene rings is 3. The molecule has 0 spiro atoms. The number of halogens is 3. The molecule has 0 saturated carbocycles. The van der Waals surface area contributed by atoms with Crippen molar-refractivity contribution >= 4 is 22.6 Å². The van der Waals surface area contributed by atoms with Crippen LogP contribution in [0, 0.1) is 31.3 Å². The molecule has 2 N–H and O–H groups in total. The van der Waals surface area contributed by atoms with E-state index in [1.807, 2.05) is 26.0 Å². The van der Waals surface area contributed by atoms with Crippen LogP contribution in [-0.4, -0.2) is 16.1 Å². The lowest BCUT2D eigenvalue weighted by Crippen LogP contribution is -2.17. The maximum Gasteiger partial charge on any atom is 0.262 e. The average Bonchev–Trinajstić information content (AvgIpc) is 3.06. The number of H-pyrrole nitrogens is 1. The normalized spacial score (nSPS) is 11.1. The average molecular weight is 395 g/mol. The summed E-state index contributed by atoms with van der Waals surface area (Å²) >= 11 is 0. The van der Waals surface area contributed by atoms with Crippen LogP contribution >= 0.6 is 0 Å². The van der Waals surface area contributed by atoms with Crippen molar-refractivity contribution in [2.45, 2.75) is 13.8 Å². The molecular formula is C22H16F3N3O. The second kappa shape index (κ2) is 7.09. The molecule has 0 aliphatic rings. The van der Waals surface area contributed by atoms with E-state index in [4.69, 9.17) is 0 Å². The minimum Gasteiger partial charge on any atom is -0.304 e. The van der Waals surface area contributed by atoms with Crippen LogP contribution in [0.5, 0.6) is 0 Å². The van der Waals surface area contributed by atoms with Crippen molar-refractivity contribution in [3.8, 4) is 11.1 Å². The van der Waals surface area contributed by atoms with Crippen LogP contribution in [0.4, 0.5) is 19.0 Å². The zero-order chi connectivity index (χ0) is 20.7. The topological polar surface area (TPSA) is 57.8 Å². The highest BCUT2D eigenvalue weighted by Crippen LogP contribution is 2.29. The third-order valence-corrected chi connectivity index (χ3v) is 4.62. The van der Waals surface area contributed by atoms with Crippen molar-refractivity contribution in [2.24, 2.45) is 0 Å². The Morgan fingerprint density at radius 2 is 1.59 bits per heavy atom. The highest BCUT2D eigenvalue weighted by atomic mass is 19.2. The van der Waals surface area contributed by atoms with Crippen LogP contribution in [0.1, 0.15) is 21.5 Å². The summed E-state index contributed by atoms with van der Waals surface area (Å²) in [7, 11) is 0. The molecule has 0 aliphatic carbocycles. The molecule has 0 fully saturated rings. The van der Waals surface area contributed by atoms with Gasteiger partial charge in [0.2, 0.25) is 0 Å². The number of aromatic amines is 1. The third kappa shape index (κ3) is 3.47. The first-order chi connectivity index (χ1) is 13.8. The maximum absolute atomic E-state index is 13.9. The molecule has 4 aromatic rings. The molecule has 0 unspecified atom stereocenters. The summed E-state index contributed by atoms with van der Waals surface area (Å²) in [5, 5.41) is 9.71. The van der Waals surface area contributed by atoms with E-state index >= 15 is 0 Å². The Bertz CT molecular complexity index is 1240. The van der Waals surface area contributed by atoms with Crippen molar-refractivity contribution < 1.29 is 18.0 Å². The van der Waals surface area contributed by atoms with Crippen molar-refractivity contribution in [1.29, 1.82) is 0 Å². The molecule has 4 rings (SSSR count). The first-order valence-corrected chi connectivity index (χ1v) is 8.85. The van der Waals surface area contributed by atoms with E-state index in [9.17, 15) is 18.0 Å². The van der Waals surface area contributed by atoms with E-state index in [1.54, 1.807) is 6.07 Å². The summed E-state index contributed by atoms with van der Waals surface area (Å²) in [5.74, 6) is -5.02. The van der Waals surface area contributed by atoms with Crippen LogP contribution in [0.2, 0.25) is 0 Å². The largest absolute Gasteiger partial charge is 0.304 e. The van der Waals surface area contributed by atoms with Gasteiger partial charge in [0.25, 0.3) is 5.91 Å². The first-order valence-electron chi connectivity index (χ1n) is 8.85. The van der Waals surface area contributed by atoms with Gasteiger partial charge in [0.15, 0.2) is 17.5 Å². The van der Waals surface area contributed by atoms with Gasteiger partial charge in [0.1, 0.15) is 11.4 Å². The summed E-state index contributed by atoms with van der Waals surface area (Å²) in [6.07, 6.45) is 0. The second-order valence-corrected chi connectivity index (χ2v) is 6.88. The van der Waals surface area contributed by atoms with Crippen molar-refractivity contribution in [2.75, 3.05) is 5.32 Å². The fourth-order valence-electron chi connectivity index (χ4n) is 3.34. The Morgan fingerprint density at radius 1 is 0.897 bits per heavy atom. The fraction of sp³-hybridized carbons (Fsp3) is 0.0909. The number of anilines is 1. The molecule has 3 aromatic carbocycles. The van der Waals surface area contributed by atoms with Crippen LogP contribution < -0.4 is 5.32 Å². The second-order valence-electron chi connectivity index (χ2n) is 6.88. The Labute approximate surface area is 164 Å². The van der Waals surface area contributed by atoms with Gasteiger partial charge in [-0.3, -0.25) is 9.89 Å². The minimum absolute atomic E-state index is 0.0973. The first kappa shape index (κ1) is 18.7. The molecule has 1 aromatic heterocycles. The predicted octanol–water partition coefficient (Wildman–Crippen LogP) is 5.52. The number of rotatable bonds is 3. The van der Waals surface area contributed by atoms with Gasteiger partial charge in [0.05, 0.1) is 5.52 Å². The molecule has 1 heterocycles.